The van der Waals surface area contributed by atoms with Crippen LogP contribution in [0.3, 0.4) is 0 Å². The SMILES string of the molecule is O=C([C@@H]1CN(C(=O)CCc2nc(-c3ccc(F)cc3)no2)c2ccccc2O1)N1CCOCC1. The Morgan fingerprint density at radius 3 is 2.62 bits per heavy atom. The Labute approximate surface area is 195 Å². The number of ether oxygens (including phenoxy) is 2. The lowest BCUT2D eigenvalue weighted by atomic mass is 10.1. The lowest BCUT2D eigenvalue weighted by Gasteiger charge is -2.37. The second kappa shape index (κ2) is 9.60. The first kappa shape index (κ1) is 22.0. The molecule has 2 aromatic carbocycles. The molecule has 5 rings (SSSR count). The minimum Gasteiger partial charge on any atom is -0.476 e. The number of halogens is 1. The van der Waals surface area contributed by atoms with E-state index in [0.29, 0.717) is 55.0 Å². The highest BCUT2D eigenvalue weighted by Crippen LogP contribution is 2.34. The zero-order chi connectivity index (χ0) is 23.5. The van der Waals surface area contributed by atoms with E-state index in [2.05, 4.69) is 10.1 Å². The first-order valence-corrected chi connectivity index (χ1v) is 11.1. The van der Waals surface area contributed by atoms with Crippen LogP contribution >= 0.6 is 0 Å². The number of rotatable bonds is 5. The van der Waals surface area contributed by atoms with Crippen molar-refractivity contribution in [3.63, 3.8) is 0 Å². The number of nitrogens with zero attached hydrogens (tertiary/aromatic N) is 4. The van der Waals surface area contributed by atoms with Crippen molar-refractivity contribution in [3.8, 4) is 17.1 Å². The molecule has 2 amide bonds. The predicted molar refractivity (Wildman–Crippen MR) is 119 cm³/mol. The molecule has 3 aromatic rings. The molecule has 176 valence electrons. The molecule has 10 heteroatoms. The van der Waals surface area contributed by atoms with Gasteiger partial charge in [0.2, 0.25) is 17.6 Å². The van der Waals surface area contributed by atoms with E-state index in [1.807, 2.05) is 6.07 Å². The average molecular weight is 466 g/mol. The summed E-state index contributed by atoms with van der Waals surface area (Å²) in [6.07, 6.45) is -0.447. The van der Waals surface area contributed by atoms with Gasteiger partial charge in [-0.1, -0.05) is 17.3 Å². The number of carbonyl (C=O) groups excluding carboxylic acids is 2. The van der Waals surface area contributed by atoms with Crippen LogP contribution in [0.1, 0.15) is 12.3 Å². The molecule has 3 heterocycles. The molecule has 2 aliphatic heterocycles. The van der Waals surface area contributed by atoms with Crippen molar-refractivity contribution < 1.29 is 28.0 Å². The molecular weight excluding hydrogens is 443 g/mol. The summed E-state index contributed by atoms with van der Waals surface area (Å²) in [5.41, 5.74) is 1.24. The Morgan fingerprint density at radius 2 is 1.82 bits per heavy atom. The maximum Gasteiger partial charge on any atom is 0.265 e. The molecule has 2 aliphatic rings. The molecule has 0 aliphatic carbocycles. The van der Waals surface area contributed by atoms with Gasteiger partial charge in [-0.25, -0.2) is 4.39 Å². The minimum absolute atomic E-state index is 0.109. The summed E-state index contributed by atoms with van der Waals surface area (Å²) < 4.78 is 29.7. The molecule has 0 bridgehead atoms. The number of hydrogen-bond acceptors (Lipinski definition) is 7. The van der Waals surface area contributed by atoms with Crippen molar-refractivity contribution in [1.82, 2.24) is 15.0 Å². The van der Waals surface area contributed by atoms with Crippen molar-refractivity contribution in [2.75, 3.05) is 37.7 Å². The van der Waals surface area contributed by atoms with Gasteiger partial charge in [-0.3, -0.25) is 9.59 Å². The number of morpholine rings is 1. The van der Waals surface area contributed by atoms with Gasteiger partial charge in [0.1, 0.15) is 11.6 Å². The van der Waals surface area contributed by atoms with E-state index in [-0.39, 0.29) is 37.0 Å². The van der Waals surface area contributed by atoms with E-state index >= 15 is 0 Å². The van der Waals surface area contributed by atoms with E-state index in [9.17, 15) is 14.0 Å². The number of carbonyl (C=O) groups is 2. The number of anilines is 1. The molecule has 0 N–H and O–H groups in total. The minimum atomic E-state index is -0.787. The third kappa shape index (κ3) is 4.62. The first-order valence-electron chi connectivity index (χ1n) is 11.1. The molecule has 9 nitrogen and oxygen atoms in total. The summed E-state index contributed by atoms with van der Waals surface area (Å²) >= 11 is 0. The van der Waals surface area contributed by atoms with Crippen molar-refractivity contribution in [2.24, 2.45) is 0 Å². The van der Waals surface area contributed by atoms with Gasteiger partial charge < -0.3 is 23.8 Å². The molecule has 1 aromatic heterocycles. The van der Waals surface area contributed by atoms with Gasteiger partial charge in [0.05, 0.1) is 25.4 Å². The second-order valence-corrected chi connectivity index (χ2v) is 8.03. The molecule has 0 saturated carbocycles. The van der Waals surface area contributed by atoms with Crippen LogP contribution < -0.4 is 9.64 Å². The Hall–Kier alpha value is -3.79. The van der Waals surface area contributed by atoms with E-state index in [4.69, 9.17) is 14.0 Å². The summed E-state index contributed by atoms with van der Waals surface area (Å²) in [7, 11) is 0. The van der Waals surface area contributed by atoms with Gasteiger partial charge in [0, 0.05) is 31.5 Å². The van der Waals surface area contributed by atoms with Crippen LogP contribution in [0.5, 0.6) is 5.75 Å². The summed E-state index contributed by atoms with van der Waals surface area (Å²) in [5.74, 6) is 0.429. The quantitative estimate of drug-likeness (QED) is 0.570. The van der Waals surface area contributed by atoms with Crippen molar-refractivity contribution in [2.45, 2.75) is 18.9 Å². The zero-order valence-electron chi connectivity index (χ0n) is 18.4. The first-order chi connectivity index (χ1) is 16.6. The largest absolute Gasteiger partial charge is 0.476 e. The normalized spacial score (nSPS) is 17.7. The molecule has 0 radical (unpaired) electrons. The maximum absolute atomic E-state index is 13.2. The molecule has 0 unspecified atom stereocenters. The molecule has 1 fully saturated rings. The number of hydrogen-bond donors (Lipinski definition) is 0. The number of fused-ring (bicyclic) bond motifs is 1. The summed E-state index contributed by atoms with van der Waals surface area (Å²) in [4.78, 5) is 33.8. The lowest BCUT2D eigenvalue weighted by molar-refractivity contribution is -0.142. The van der Waals surface area contributed by atoms with Crippen LogP contribution in [0.25, 0.3) is 11.4 Å². The van der Waals surface area contributed by atoms with E-state index in [1.165, 1.54) is 12.1 Å². The smallest absolute Gasteiger partial charge is 0.265 e. The standard InChI is InChI=1S/C24H23FN4O5/c25-17-7-5-16(6-8-17)23-26-21(34-27-23)9-10-22(30)29-15-20(24(31)28-11-13-32-14-12-28)33-19-4-2-1-3-18(19)29/h1-8,20H,9-15H2/t20-/m0/s1. The maximum atomic E-state index is 13.2. The third-order valence-electron chi connectivity index (χ3n) is 5.80. The van der Waals surface area contributed by atoms with Crippen LogP contribution in [-0.4, -0.2) is 65.8 Å². The van der Waals surface area contributed by atoms with Gasteiger partial charge in [0.25, 0.3) is 5.91 Å². The molecule has 34 heavy (non-hydrogen) atoms. The zero-order valence-corrected chi connectivity index (χ0v) is 18.4. The Balaban J connectivity index is 1.27. The highest BCUT2D eigenvalue weighted by molar-refractivity contribution is 5.97. The van der Waals surface area contributed by atoms with Gasteiger partial charge >= 0.3 is 0 Å². The molecule has 1 atom stereocenters. The highest BCUT2D eigenvalue weighted by atomic mass is 19.1. The lowest BCUT2D eigenvalue weighted by Crippen LogP contribution is -2.54. The number of aryl methyl sites for hydroxylation is 1. The van der Waals surface area contributed by atoms with Crippen molar-refractivity contribution in [1.29, 1.82) is 0 Å². The average Bonchev–Trinajstić information content (AvgIpc) is 3.36. The van der Waals surface area contributed by atoms with Gasteiger partial charge in [0.15, 0.2) is 6.10 Å². The Kier molecular flexibility index (Phi) is 6.22. The van der Waals surface area contributed by atoms with Crippen LogP contribution in [0.4, 0.5) is 10.1 Å². The highest BCUT2D eigenvalue weighted by Gasteiger charge is 2.36. The Bertz CT molecular complexity index is 1180. The van der Waals surface area contributed by atoms with E-state index in [0.717, 1.165) is 0 Å². The fourth-order valence-electron chi connectivity index (χ4n) is 4.01. The van der Waals surface area contributed by atoms with Gasteiger partial charge in [-0.15, -0.1) is 0 Å². The van der Waals surface area contributed by atoms with Crippen molar-refractivity contribution >= 4 is 17.5 Å². The monoisotopic (exact) mass is 466 g/mol. The molecule has 0 spiro atoms. The fraction of sp³-hybridized carbons (Fsp3) is 0.333. The molecular formula is C24H23FN4O5. The second-order valence-electron chi connectivity index (χ2n) is 8.03. The van der Waals surface area contributed by atoms with Gasteiger partial charge in [-0.05, 0) is 36.4 Å². The number of para-hydroxylation sites is 2. The molecule has 1 saturated heterocycles. The number of benzene rings is 2. The number of aromatic nitrogens is 2. The summed E-state index contributed by atoms with van der Waals surface area (Å²) in [5, 5.41) is 3.92. The topological polar surface area (TPSA) is 98.0 Å². The van der Waals surface area contributed by atoms with E-state index < -0.39 is 6.10 Å². The van der Waals surface area contributed by atoms with Crippen LogP contribution in [0.15, 0.2) is 53.1 Å². The Morgan fingerprint density at radius 1 is 1.06 bits per heavy atom. The van der Waals surface area contributed by atoms with Gasteiger partial charge in [-0.2, -0.15) is 4.98 Å². The van der Waals surface area contributed by atoms with Crippen molar-refractivity contribution in [3.05, 3.63) is 60.2 Å². The van der Waals surface area contributed by atoms with Crippen LogP contribution in [-0.2, 0) is 20.7 Å². The van der Waals surface area contributed by atoms with Crippen LogP contribution in [0.2, 0.25) is 0 Å². The fourth-order valence-corrected chi connectivity index (χ4v) is 4.01. The van der Waals surface area contributed by atoms with Crippen LogP contribution in [0, 0.1) is 5.82 Å². The summed E-state index contributed by atoms with van der Waals surface area (Å²) in [6, 6.07) is 12.9. The van der Waals surface area contributed by atoms with E-state index in [1.54, 1.807) is 40.1 Å². The predicted octanol–water partition coefficient (Wildman–Crippen LogP) is 2.46. The third-order valence-corrected chi connectivity index (χ3v) is 5.80. The summed E-state index contributed by atoms with van der Waals surface area (Å²) in [6.45, 7) is 2.10. The number of amides is 2.